The Balaban J connectivity index is 2.43. The van der Waals surface area contributed by atoms with Crippen molar-refractivity contribution in [3.63, 3.8) is 0 Å². The van der Waals surface area contributed by atoms with Gasteiger partial charge in [-0.1, -0.05) is 24.6 Å². The number of halogens is 2. The van der Waals surface area contributed by atoms with Crippen molar-refractivity contribution in [2.75, 3.05) is 6.54 Å². The molecular formula is C16H19ClINS. The van der Waals surface area contributed by atoms with Crippen molar-refractivity contribution in [2.24, 2.45) is 0 Å². The third-order valence-electron chi connectivity index (χ3n) is 3.44. The molecule has 1 atom stereocenters. The molecule has 0 saturated carbocycles. The zero-order chi connectivity index (χ0) is 14.7. The fourth-order valence-corrected chi connectivity index (χ4v) is 3.92. The van der Waals surface area contributed by atoms with Gasteiger partial charge in [0, 0.05) is 5.02 Å². The topological polar surface area (TPSA) is 12.0 Å². The van der Waals surface area contributed by atoms with E-state index in [-0.39, 0.29) is 6.04 Å². The lowest BCUT2D eigenvalue weighted by molar-refractivity contribution is 0.599. The van der Waals surface area contributed by atoms with Crippen LogP contribution in [0.5, 0.6) is 0 Å². The van der Waals surface area contributed by atoms with Gasteiger partial charge in [0.05, 0.1) is 8.93 Å². The molecule has 0 bridgehead atoms. The summed E-state index contributed by atoms with van der Waals surface area (Å²) < 4.78 is 1.31. The SMILES string of the molecule is CCCNC(c1csc(I)c1)c1cc(C)c(C)cc1Cl. The summed E-state index contributed by atoms with van der Waals surface area (Å²) in [5.74, 6) is 0. The van der Waals surface area contributed by atoms with Crippen LogP contribution in [-0.2, 0) is 0 Å². The molecule has 0 saturated heterocycles. The maximum Gasteiger partial charge on any atom is 0.0656 e. The molecule has 2 rings (SSSR count). The van der Waals surface area contributed by atoms with Crippen LogP contribution < -0.4 is 5.32 Å². The summed E-state index contributed by atoms with van der Waals surface area (Å²) in [5, 5.41) is 6.69. The monoisotopic (exact) mass is 419 g/mol. The van der Waals surface area contributed by atoms with Crippen molar-refractivity contribution in [3.05, 3.63) is 53.7 Å². The van der Waals surface area contributed by atoms with Crippen LogP contribution in [0.4, 0.5) is 0 Å². The highest BCUT2D eigenvalue weighted by atomic mass is 127. The van der Waals surface area contributed by atoms with Gasteiger partial charge in [0.2, 0.25) is 0 Å². The Morgan fingerprint density at radius 1 is 1.25 bits per heavy atom. The van der Waals surface area contributed by atoms with Gasteiger partial charge in [-0.2, -0.15) is 0 Å². The number of benzene rings is 1. The zero-order valence-corrected chi connectivity index (χ0v) is 15.7. The van der Waals surface area contributed by atoms with Gasteiger partial charge < -0.3 is 5.32 Å². The van der Waals surface area contributed by atoms with Gasteiger partial charge >= 0.3 is 0 Å². The van der Waals surface area contributed by atoms with Crippen molar-refractivity contribution in [1.82, 2.24) is 5.32 Å². The van der Waals surface area contributed by atoms with Crippen LogP contribution in [0.2, 0.25) is 5.02 Å². The first-order valence-electron chi connectivity index (χ1n) is 6.77. The third kappa shape index (κ3) is 3.75. The van der Waals surface area contributed by atoms with Gasteiger partial charge in [0.25, 0.3) is 0 Å². The Hall–Kier alpha value is -0.100. The molecule has 1 aromatic heterocycles. The van der Waals surface area contributed by atoms with E-state index in [0.717, 1.165) is 18.0 Å². The molecule has 2 aromatic rings. The molecule has 0 spiro atoms. The Morgan fingerprint density at radius 2 is 1.95 bits per heavy atom. The second-order valence-corrected chi connectivity index (χ2v) is 8.24. The molecule has 0 radical (unpaired) electrons. The molecule has 20 heavy (non-hydrogen) atoms. The van der Waals surface area contributed by atoms with E-state index in [2.05, 4.69) is 72.3 Å². The summed E-state index contributed by atoms with van der Waals surface area (Å²) in [4.78, 5) is 0. The molecule has 0 aliphatic carbocycles. The highest BCUT2D eigenvalue weighted by molar-refractivity contribution is 14.1. The lowest BCUT2D eigenvalue weighted by Gasteiger charge is -2.20. The number of rotatable bonds is 5. The van der Waals surface area contributed by atoms with Crippen LogP contribution in [0.25, 0.3) is 0 Å². The van der Waals surface area contributed by atoms with E-state index in [0.29, 0.717) is 0 Å². The number of nitrogens with one attached hydrogen (secondary N) is 1. The molecule has 4 heteroatoms. The van der Waals surface area contributed by atoms with Crippen molar-refractivity contribution in [3.8, 4) is 0 Å². The van der Waals surface area contributed by atoms with E-state index >= 15 is 0 Å². The summed E-state index contributed by atoms with van der Waals surface area (Å²) in [5.41, 5.74) is 5.01. The van der Waals surface area contributed by atoms with Gasteiger partial charge in [-0.15, -0.1) is 11.3 Å². The lowest BCUT2D eigenvalue weighted by Crippen LogP contribution is -2.23. The van der Waals surface area contributed by atoms with Gasteiger partial charge in [-0.05, 0) is 89.2 Å². The second kappa shape index (κ2) is 7.25. The maximum atomic E-state index is 6.49. The van der Waals surface area contributed by atoms with Gasteiger partial charge in [0.15, 0.2) is 0 Å². The van der Waals surface area contributed by atoms with Gasteiger partial charge in [0.1, 0.15) is 0 Å². The standard InChI is InChI=1S/C16H19ClINS/c1-4-5-19-16(12-8-15(18)20-9-12)13-6-10(2)11(3)7-14(13)17/h6-9,16,19H,4-5H2,1-3H3. The van der Waals surface area contributed by atoms with Crippen LogP contribution >= 0.6 is 45.5 Å². The molecule has 1 heterocycles. The van der Waals surface area contributed by atoms with E-state index in [1.807, 2.05) is 0 Å². The smallest absolute Gasteiger partial charge is 0.0656 e. The maximum absolute atomic E-state index is 6.49. The van der Waals surface area contributed by atoms with Crippen molar-refractivity contribution in [1.29, 1.82) is 0 Å². The average Bonchev–Trinajstić information content (AvgIpc) is 2.82. The molecule has 1 N–H and O–H groups in total. The predicted molar refractivity (Wildman–Crippen MR) is 98.1 cm³/mol. The average molecular weight is 420 g/mol. The van der Waals surface area contributed by atoms with Crippen LogP contribution in [0.15, 0.2) is 23.6 Å². The second-order valence-electron chi connectivity index (χ2n) is 5.03. The molecule has 1 nitrogen and oxygen atoms in total. The first-order chi connectivity index (χ1) is 9.52. The molecule has 0 aliphatic heterocycles. The van der Waals surface area contributed by atoms with Crippen LogP contribution in [0, 0.1) is 16.7 Å². The molecule has 1 aromatic carbocycles. The number of aryl methyl sites for hydroxylation is 2. The molecule has 0 fully saturated rings. The van der Waals surface area contributed by atoms with Crippen LogP contribution in [0.3, 0.4) is 0 Å². The van der Waals surface area contributed by atoms with Gasteiger partial charge in [-0.3, -0.25) is 0 Å². The van der Waals surface area contributed by atoms with Crippen LogP contribution in [0.1, 0.15) is 41.6 Å². The molecule has 0 amide bonds. The summed E-state index contributed by atoms with van der Waals surface area (Å²) in [6.07, 6.45) is 1.11. The van der Waals surface area contributed by atoms with Crippen molar-refractivity contribution in [2.45, 2.75) is 33.2 Å². The number of thiophene rings is 1. The van der Waals surface area contributed by atoms with E-state index < -0.39 is 0 Å². The fraction of sp³-hybridized carbons (Fsp3) is 0.375. The van der Waals surface area contributed by atoms with E-state index in [1.54, 1.807) is 11.3 Å². The molecule has 108 valence electrons. The number of hydrogen-bond acceptors (Lipinski definition) is 2. The molecular weight excluding hydrogens is 401 g/mol. The van der Waals surface area contributed by atoms with Crippen molar-refractivity contribution < 1.29 is 0 Å². The third-order valence-corrected chi connectivity index (χ3v) is 5.58. The quantitative estimate of drug-likeness (QED) is 0.612. The molecule has 1 unspecified atom stereocenters. The Morgan fingerprint density at radius 3 is 2.55 bits per heavy atom. The Labute approximate surface area is 143 Å². The first-order valence-corrected chi connectivity index (χ1v) is 9.10. The van der Waals surface area contributed by atoms with E-state index in [9.17, 15) is 0 Å². The largest absolute Gasteiger partial charge is 0.306 e. The van der Waals surface area contributed by atoms with Crippen molar-refractivity contribution >= 4 is 45.5 Å². The summed E-state index contributed by atoms with van der Waals surface area (Å²) in [6.45, 7) is 7.42. The predicted octanol–water partition coefficient (Wildman–Crippen LogP) is 5.71. The minimum Gasteiger partial charge on any atom is -0.306 e. The zero-order valence-electron chi connectivity index (χ0n) is 12.0. The number of hydrogen-bond donors (Lipinski definition) is 1. The highest BCUT2D eigenvalue weighted by Crippen LogP contribution is 2.33. The van der Waals surface area contributed by atoms with E-state index in [1.165, 1.54) is 25.1 Å². The summed E-state index contributed by atoms with van der Waals surface area (Å²) in [7, 11) is 0. The van der Waals surface area contributed by atoms with E-state index in [4.69, 9.17) is 11.6 Å². The highest BCUT2D eigenvalue weighted by Gasteiger charge is 2.18. The summed E-state index contributed by atoms with van der Waals surface area (Å²) in [6, 6.07) is 6.71. The summed E-state index contributed by atoms with van der Waals surface area (Å²) >= 11 is 10.6. The molecule has 0 aliphatic rings. The minimum atomic E-state index is 0.182. The fourth-order valence-electron chi connectivity index (χ4n) is 2.20. The normalized spacial score (nSPS) is 12.7. The minimum absolute atomic E-state index is 0.182. The van der Waals surface area contributed by atoms with Crippen LogP contribution in [-0.4, -0.2) is 6.54 Å². The Bertz CT molecular complexity index is 594. The first kappa shape index (κ1) is 16.3. The van der Waals surface area contributed by atoms with Gasteiger partial charge in [-0.25, -0.2) is 0 Å². The Kier molecular flexibility index (Phi) is 5.90. The lowest BCUT2D eigenvalue weighted by atomic mass is 9.97.